The summed E-state index contributed by atoms with van der Waals surface area (Å²) in [6, 6.07) is 13.8. The van der Waals surface area contributed by atoms with Crippen LogP contribution in [0.2, 0.25) is 0 Å². The molecule has 2 amide bonds. The van der Waals surface area contributed by atoms with Crippen LogP contribution in [0.4, 0.5) is 5.69 Å². The third-order valence-corrected chi connectivity index (χ3v) is 9.11. The summed E-state index contributed by atoms with van der Waals surface area (Å²) in [6.07, 6.45) is 9.63. The Labute approximate surface area is 246 Å². The molecule has 4 heterocycles. The van der Waals surface area contributed by atoms with Gasteiger partial charge in [0.25, 0.3) is 5.91 Å². The van der Waals surface area contributed by atoms with Gasteiger partial charge in [0.15, 0.2) is 0 Å². The second kappa shape index (κ2) is 11.5. The molecule has 2 saturated heterocycles. The first-order valence-corrected chi connectivity index (χ1v) is 14.9. The average molecular weight is 571 g/mol. The molecular formula is C34H38N2O6. The van der Waals surface area contributed by atoms with Crippen LogP contribution in [-0.4, -0.2) is 71.3 Å². The number of allylic oxidation sites excluding steroid dienone is 1. The first-order valence-electron chi connectivity index (χ1n) is 14.9. The number of hydrogen-bond acceptors (Lipinski definition) is 6. The third-order valence-electron chi connectivity index (χ3n) is 9.11. The Kier molecular flexibility index (Phi) is 7.77. The highest BCUT2D eigenvalue weighted by Crippen LogP contribution is 2.54. The van der Waals surface area contributed by atoms with E-state index in [1.165, 1.54) is 4.90 Å². The quantitative estimate of drug-likeness (QED) is 0.435. The zero-order valence-corrected chi connectivity index (χ0v) is 24.1. The van der Waals surface area contributed by atoms with E-state index >= 15 is 0 Å². The number of aliphatic hydroxyl groups excluding tert-OH is 1. The number of anilines is 1. The van der Waals surface area contributed by atoms with Crippen molar-refractivity contribution in [1.29, 1.82) is 0 Å². The SMILES string of the molecule is Cc1ccc(C)c(N2CC=C[C@]34O[C@@H]5/C=C\CCCCOC(=O)[C@@H]5[C@H]3C(=O)N([C@@H](CO)Cc3ccccc3)C4C2=O)c1. The summed E-state index contributed by atoms with van der Waals surface area (Å²) >= 11 is 0. The van der Waals surface area contributed by atoms with Gasteiger partial charge in [0.2, 0.25) is 5.91 Å². The van der Waals surface area contributed by atoms with Crippen LogP contribution in [0, 0.1) is 25.7 Å². The summed E-state index contributed by atoms with van der Waals surface area (Å²) in [6.45, 7) is 4.15. The Balaban J connectivity index is 1.49. The maximum Gasteiger partial charge on any atom is 0.312 e. The fourth-order valence-corrected chi connectivity index (χ4v) is 7.11. The molecule has 1 spiro atoms. The zero-order valence-electron chi connectivity index (χ0n) is 24.1. The monoisotopic (exact) mass is 570 g/mol. The molecule has 2 aromatic rings. The van der Waals surface area contributed by atoms with Crippen molar-refractivity contribution in [2.75, 3.05) is 24.7 Å². The normalized spacial score (nSPS) is 30.7. The van der Waals surface area contributed by atoms with Crippen LogP contribution in [0.25, 0.3) is 0 Å². The standard InChI is InChI=1S/C34H38N2O6/c1-22-14-15-23(2)26(19-22)35-17-10-16-34-29(28-27(42-34)13-8-3-4-9-18-41-33(28)40)31(38)36(30(34)32(35)39)25(21-37)20-24-11-6-5-7-12-24/h5-8,10-16,19,25,27-30,37H,3-4,9,17-18,20-21H2,1-2H3/b13-8-/t25-,27-,28+,29+,30?,34+/m1/s1. The van der Waals surface area contributed by atoms with Gasteiger partial charge in [-0.2, -0.15) is 0 Å². The molecule has 0 aliphatic carbocycles. The number of carbonyl (C=O) groups is 3. The first-order chi connectivity index (χ1) is 20.4. The number of aliphatic hydroxyl groups is 1. The van der Waals surface area contributed by atoms with Gasteiger partial charge in [0.1, 0.15) is 17.6 Å². The molecule has 0 saturated carbocycles. The van der Waals surface area contributed by atoms with Crippen molar-refractivity contribution in [2.45, 2.75) is 63.3 Å². The van der Waals surface area contributed by atoms with E-state index in [1.807, 2.05) is 86.7 Å². The predicted molar refractivity (Wildman–Crippen MR) is 158 cm³/mol. The minimum Gasteiger partial charge on any atom is -0.465 e. The van der Waals surface area contributed by atoms with Gasteiger partial charge in [0, 0.05) is 12.2 Å². The lowest BCUT2D eigenvalue weighted by molar-refractivity contribution is -0.155. The summed E-state index contributed by atoms with van der Waals surface area (Å²) in [5, 5.41) is 10.7. The molecule has 8 heteroatoms. The summed E-state index contributed by atoms with van der Waals surface area (Å²) in [5.74, 6) is -3.02. The van der Waals surface area contributed by atoms with Crippen LogP contribution in [-0.2, 0) is 30.3 Å². The Hall–Kier alpha value is -3.75. The molecule has 1 N–H and O–H groups in total. The third kappa shape index (κ3) is 4.76. The minimum absolute atomic E-state index is 0.277. The summed E-state index contributed by atoms with van der Waals surface area (Å²) in [7, 11) is 0. The number of likely N-dealkylation sites (tertiary alicyclic amines) is 1. The molecule has 0 aromatic heterocycles. The van der Waals surface area contributed by atoms with Gasteiger partial charge in [-0.15, -0.1) is 0 Å². The van der Waals surface area contributed by atoms with Crippen molar-refractivity contribution < 1.29 is 29.0 Å². The highest BCUT2D eigenvalue weighted by Gasteiger charge is 2.72. The Bertz CT molecular complexity index is 1420. The summed E-state index contributed by atoms with van der Waals surface area (Å²) < 4.78 is 12.4. The Morgan fingerprint density at radius 2 is 1.83 bits per heavy atom. The van der Waals surface area contributed by atoms with Gasteiger partial charge in [-0.25, -0.2) is 0 Å². The molecule has 2 aromatic carbocycles. The number of amides is 2. The second-order valence-electron chi connectivity index (χ2n) is 11.8. The molecular weight excluding hydrogens is 532 g/mol. The lowest BCUT2D eigenvalue weighted by Crippen LogP contribution is -2.58. The molecule has 4 aliphatic rings. The molecule has 42 heavy (non-hydrogen) atoms. The van der Waals surface area contributed by atoms with Crippen LogP contribution in [0.1, 0.15) is 36.0 Å². The first kappa shape index (κ1) is 28.4. The van der Waals surface area contributed by atoms with E-state index < -0.39 is 41.6 Å². The number of nitrogens with zero attached hydrogens (tertiary/aromatic N) is 2. The van der Waals surface area contributed by atoms with E-state index in [1.54, 1.807) is 4.90 Å². The lowest BCUT2D eigenvalue weighted by Gasteiger charge is -2.39. The van der Waals surface area contributed by atoms with E-state index in [4.69, 9.17) is 9.47 Å². The van der Waals surface area contributed by atoms with Crippen LogP contribution < -0.4 is 4.90 Å². The van der Waals surface area contributed by atoms with Crippen molar-refractivity contribution in [3.63, 3.8) is 0 Å². The molecule has 1 unspecified atom stereocenters. The number of benzene rings is 2. The number of esters is 1. The Morgan fingerprint density at radius 3 is 2.62 bits per heavy atom. The number of rotatable bonds is 5. The zero-order chi connectivity index (χ0) is 29.4. The van der Waals surface area contributed by atoms with Crippen molar-refractivity contribution in [3.05, 3.63) is 89.5 Å². The van der Waals surface area contributed by atoms with Gasteiger partial charge >= 0.3 is 5.97 Å². The molecule has 8 nitrogen and oxygen atoms in total. The predicted octanol–water partition coefficient (Wildman–Crippen LogP) is 3.67. The van der Waals surface area contributed by atoms with Crippen molar-refractivity contribution >= 4 is 23.5 Å². The van der Waals surface area contributed by atoms with E-state index in [9.17, 15) is 19.5 Å². The van der Waals surface area contributed by atoms with E-state index in [-0.39, 0.29) is 31.6 Å². The molecule has 6 rings (SSSR count). The number of carbonyl (C=O) groups excluding carboxylic acids is 3. The van der Waals surface area contributed by atoms with Crippen molar-refractivity contribution in [2.24, 2.45) is 11.8 Å². The van der Waals surface area contributed by atoms with Gasteiger partial charge in [-0.3, -0.25) is 14.4 Å². The maximum atomic E-state index is 14.8. The molecule has 4 aliphatic heterocycles. The average Bonchev–Trinajstić information content (AvgIpc) is 3.38. The molecule has 2 fully saturated rings. The van der Waals surface area contributed by atoms with Crippen LogP contribution in [0.3, 0.4) is 0 Å². The highest BCUT2D eigenvalue weighted by atomic mass is 16.6. The van der Waals surface area contributed by atoms with E-state index in [2.05, 4.69) is 0 Å². The van der Waals surface area contributed by atoms with Crippen molar-refractivity contribution in [3.8, 4) is 0 Å². The maximum absolute atomic E-state index is 14.8. The largest absolute Gasteiger partial charge is 0.465 e. The fourth-order valence-electron chi connectivity index (χ4n) is 7.11. The van der Waals surface area contributed by atoms with E-state index in [0.29, 0.717) is 6.42 Å². The fraction of sp³-hybridized carbons (Fsp3) is 0.441. The van der Waals surface area contributed by atoms with Gasteiger partial charge < -0.3 is 24.4 Å². The molecule has 0 bridgehead atoms. The second-order valence-corrected chi connectivity index (χ2v) is 11.8. The number of fused-ring (bicyclic) bond motifs is 2. The molecule has 0 radical (unpaired) electrons. The number of aryl methyl sites for hydroxylation is 2. The molecule has 6 atom stereocenters. The van der Waals surface area contributed by atoms with Gasteiger partial charge in [-0.1, -0.05) is 66.8 Å². The smallest absolute Gasteiger partial charge is 0.312 e. The highest BCUT2D eigenvalue weighted by molar-refractivity contribution is 6.06. The Morgan fingerprint density at radius 1 is 1.02 bits per heavy atom. The lowest BCUT2D eigenvalue weighted by atomic mass is 9.78. The number of hydrogen-bond donors (Lipinski definition) is 1. The van der Waals surface area contributed by atoms with Crippen LogP contribution in [0.5, 0.6) is 0 Å². The topological polar surface area (TPSA) is 96.4 Å². The number of ether oxygens (including phenoxy) is 2. The van der Waals surface area contributed by atoms with Gasteiger partial charge in [0.05, 0.1) is 31.3 Å². The summed E-state index contributed by atoms with van der Waals surface area (Å²) in [5.41, 5.74) is 2.24. The van der Waals surface area contributed by atoms with E-state index in [0.717, 1.165) is 41.6 Å². The van der Waals surface area contributed by atoms with Gasteiger partial charge in [-0.05, 0) is 62.3 Å². The number of cyclic esters (lactones) is 1. The minimum atomic E-state index is -1.39. The summed E-state index contributed by atoms with van der Waals surface area (Å²) in [4.78, 5) is 46.2. The van der Waals surface area contributed by atoms with Crippen LogP contribution >= 0.6 is 0 Å². The van der Waals surface area contributed by atoms with Crippen LogP contribution in [0.15, 0.2) is 72.8 Å². The molecule has 220 valence electrons. The van der Waals surface area contributed by atoms with Crippen molar-refractivity contribution in [1.82, 2.24) is 4.90 Å².